The van der Waals surface area contributed by atoms with Crippen LogP contribution in [-0.2, 0) is 9.59 Å². The number of nitrogens with zero attached hydrogens (tertiary/aromatic N) is 2. The van der Waals surface area contributed by atoms with Crippen molar-refractivity contribution in [2.75, 3.05) is 12.4 Å². The molecule has 2 amide bonds. The van der Waals surface area contributed by atoms with Gasteiger partial charge in [0.05, 0.1) is 0 Å². The maximum atomic E-state index is 13.1. The van der Waals surface area contributed by atoms with Gasteiger partial charge in [0.15, 0.2) is 0 Å². The quantitative estimate of drug-likeness (QED) is 0.712. The molecule has 0 radical (unpaired) electrons. The Morgan fingerprint density at radius 1 is 1.09 bits per heavy atom. The molecule has 1 N–H and O–H groups in total. The number of aromatic nitrogens is 1. The first-order valence-electron chi connectivity index (χ1n) is 12.7. The van der Waals surface area contributed by atoms with Gasteiger partial charge < -0.3 is 10.2 Å². The number of amides is 2. The summed E-state index contributed by atoms with van der Waals surface area (Å²) in [6.45, 7) is 7.10. The first-order chi connectivity index (χ1) is 15.3. The van der Waals surface area contributed by atoms with Crippen LogP contribution in [0, 0.1) is 40.4 Å². The highest BCUT2D eigenvalue weighted by Crippen LogP contribution is 2.67. The van der Waals surface area contributed by atoms with Crippen LogP contribution >= 0.6 is 0 Å². The van der Waals surface area contributed by atoms with Crippen LogP contribution in [-0.4, -0.2) is 34.8 Å². The van der Waals surface area contributed by atoms with E-state index in [0.29, 0.717) is 41.9 Å². The summed E-state index contributed by atoms with van der Waals surface area (Å²) in [5.41, 5.74) is 0.495. The summed E-state index contributed by atoms with van der Waals surface area (Å²) >= 11 is 0. The Labute approximate surface area is 192 Å². The van der Waals surface area contributed by atoms with E-state index < -0.39 is 0 Å². The lowest BCUT2D eigenvalue weighted by Crippen LogP contribution is -2.61. The molecule has 32 heavy (non-hydrogen) atoms. The highest BCUT2D eigenvalue weighted by atomic mass is 16.2. The molecule has 4 fully saturated rings. The number of carbonyl (C=O) groups is 2. The Balaban J connectivity index is 1.34. The minimum Gasteiger partial charge on any atom is -0.342 e. The van der Waals surface area contributed by atoms with Gasteiger partial charge in [0.2, 0.25) is 11.8 Å². The van der Waals surface area contributed by atoms with Crippen molar-refractivity contribution in [2.24, 2.45) is 40.4 Å². The summed E-state index contributed by atoms with van der Waals surface area (Å²) in [6, 6.07) is 6.05. The van der Waals surface area contributed by atoms with Crippen molar-refractivity contribution in [3.8, 4) is 0 Å². The average molecular weight is 438 g/mol. The predicted octanol–water partition coefficient (Wildman–Crippen LogP) is 5.14. The summed E-state index contributed by atoms with van der Waals surface area (Å²) < 4.78 is 0. The number of pyridine rings is 1. The Morgan fingerprint density at radius 3 is 2.62 bits per heavy atom. The molecule has 174 valence electrons. The minimum atomic E-state index is -0.00563. The van der Waals surface area contributed by atoms with Gasteiger partial charge >= 0.3 is 0 Å². The molecular formula is C27H39N3O2. The lowest BCUT2D eigenvalue weighted by molar-refractivity contribution is -0.159. The monoisotopic (exact) mass is 437 g/mol. The van der Waals surface area contributed by atoms with Crippen LogP contribution in [0.25, 0.3) is 0 Å². The molecule has 5 nitrogen and oxygen atoms in total. The minimum absolute atomic E-state index is 0.00563. The van der Waals surface area contributed by atoms with E-state index in [1.807, 2.05) is 25.2 Å². The molecule has 5 rings (SSSR count). The van der Waals surface area contributed by atoms with E-state index in [9.17, 15) is 9.59 Å². The van der Waals surface area contributed by atoms with Crippen LogP contribution in [0.5, 0.6) is 0 Å². The molecule has 5 heteroatoms. The van der Waals surface area contributed by atoms with E-state index in [-0.39, 0.29) is 22.7 Å². The fraction of sp³-hybridized carbons (Fsp3) is 0.741. The maximum Gasteiger partial charge on any atom is 0.228 e. The fourth-order valence-electron chi connectivity index (χ4n) is 8.87. The van der Waals surface area contributed by atoms with E-state index in [1.165, 1.54) is 25.7 Å². The van der Waals surface area contributed by atoms with Crippen molar-refractivity contribution >= 4 is 17.6 Å². The molecule has 2 heterocycles. The second-order valence-corrected chi connectivity index (χ2v) is 11.7. The molecule has 3 aliphatic carbocycles. The molecule has 0 aromatic carbocycles. The van der Waals surface area contributed by atoms with Crippen molar-refractivity contribution in [1.82, 2.24) is 9.88 Å². The average Bonchev–Trinajstić information content (AvgIpc) is 3.14. The Kier molecular flexibility index (Phi) is 5.37. The van der Waals surface area contributed by atoms with E-state index in [0.717, 1.165) is 25.2 Å². The summed E-state index contributed by atoms with van der Waals surface area (Å²) in [6.07, 6.45) is 10.7. The highest BCUT2D eigenvalue weighted by molar-refractivity contribution is 5.91. The SMILES string of the molecule is CC(C(=O)Nc1ccccn1)[C@H]1CC[C@H]2[C@@H]3CC[C@H]4N(C)C(=O)CC[C@]4(C)[C@H]3CC[C@]12C. The molecule has 0 bridgehead atoms. The van der Waals surface area contributed by atoms with Gasteiger partial charge in [-0.1, -0.05) is 26.8 Å². The largest absolute Gasteiger partial charge is 0.342 e. The molecular weight excluding hydrogens is 398 g/mol. The van der Waals surface area contributed by atoms with E-state index >= 15 is 0 Å². The van der Waals surface area contributed by atoms with Gasteiger partial charge in [-0.2, -0.15) is 0 Å². The van der Waals surface area contributed by atoms with Gasteiger partial charge in [0, 0.05) is 31.6 Å². The zero-order valence-corrected chi connectivity index (χ0v) is 20.1. The standard InChI is InChI=1S/C27H39N3O2/c1-17(25(32)29-23-7-5-6-16-28-23)19-9-10-20-18-8-11-22-27(3,15-13-24(31)30(22)4)21(18)12-14-26(19,20)2/h5-7,16-22H,8-15H2,1-4H3,(H,28,29,32)/t17?,18-,19+,20-,21-,22+,26+,27+/m0/s1. The van der Waals surface area contributed by atoms with Gasteiger partial charge in [-0.15, -0.1) is 0 Å². The Morgan fingerprint density at radius 2 is 1.88 bits per heavy atom. The fourth-order valence-corrected chi connectivity index (χ4v) is 8.87. The topological polar surface area (TPSA) is 62.3 Å². The van der Waals surface area contributed by atoms with Gasteiger partial charge in [-0.05, 0) is 91.6 Å². The molecule has 1 aromatic heterocycles. The number of fused-ring (bicyclic) bond motifs is 5. The molecule has 1 saturated heterocycles. The van der Waals surface area contributed by atoms with Crippen LogP contribution in [0.2, 0.25) is 0 Å². The van der Waals surface area contributed by atoms with E-state index in [4.69, 9.17) is 0 Å². The van der Waals surface area contributed by atoms with Crippen molar-refractivity contribution < 1.29 is 9.59 Å². The van der Waals surface area contributed by atoms with Gasteiger partial charge in [-0.25, -0.2) is 4.98 Å². The zero-order valence-electron chi connectivity index (χ0n) is 20.1. The number of anilines is 1. The number of rotatable bonds is 3. The van der Waals surface area contributed by atoms with Crippen molar-refractivity contribution in [1.29, 1.82) is 0 Å². The van der Waals surface area contributed by atoms with Gasteiger partial charge in [0.1, 0.15) is 5.82 Å². The number of hydrogen-bond acceptors (Lipinski definition) is 3. The summed E-state index contributed by atoms with van der Waals surface area (Å²) in [7, 11) is 2.03. The predicted molar refractivity (Wildman–Crippen MR) is 126 cm³/mol. The molecule has 1 aromatic rings. The van der Waals surface area contributed by atoms with Crippen molar-refractivity contribution in [3.05, 3.63) is 24.4 Å². The molecule has 8 atom stereocenters. The van der Waals surface area contributed by atoms with E-state index in [1.54, 1.807) is 6.20 Å². The van der Waals surface area contributed by atoms with Crippen LogP contribution in [0.1, 0.15) is 72.1 Å². The zero-order chi connectivity index (χ0) is 22.7. The van der Waals surface area contributed by atoms with Crippen LogP contribution in [0.3, 0.4) is 0 Å². The van der Waals surface area contributed by atoms with Gasteiger partial charge in [0.25, 0.3) is 0 Å². The smallest absolute Gasteiger partial charge is 0.228 e. The number of carbonyl (C=O) groups excluding carboxylic acids is 2. The number of likely N-dealkylation sites (tertiary alicyclic amines) is 1. The summed E-state index contributed by atoms with van der Waals surface area (Å²) in [4.78, 5) is 31.9. The summed E-state index contributed by atoms with van der Waals surface area (Å²) in [5, 5.41) is 3.05. The first-order valence-corrected chi connectivity index (χ1v) is 12.7. The Hall–Kier alpha value is -1.91. The van der Waals surface area contributed by atoms with Crippen LogP contribution in [0.15, 0.2) is 24.4 Å². The first kappa shape index (κ1) is 21.9. The van der Waals surface area contributed by atoms with Crippen LogP contribution < -0.4 is 5.32 Å². The summed E-state index contributed by atoms with van der Waals surface area (Å²) in [5.74, 6) is 3.68. The molecule has 4 aliphatic rings. The van der Waals surface area contributed by atoms with Crippen molar-refractivity contribution in [2.45, 2.75) is 78.2 Å². The Bertz CT molecular complexity index is 888. The normalized spacial score (nSPS) is 41.9. The molecule has 1 aliphatic heterocycles. The van der Waals surface area contributed by atoms with E-state index in [2.05, 4.69) is 36.0 Å². The highest BCUT2D eigenvalue weighted by Gasteiger charge is 2.61. The second-order valence-electron chi connectivity index (χ2n) is 11.7. The van der Waals surface area contributed by atoms with Crippen molar-refractivity contribution in [3.63, 3.8) is 0 Å². The third kappa shape index (κ3) is 3.21. The lowest BCUT2D eigenvalue weighted by atomic mass is 9.46. The third-order valence-electron chi connectivity index (χ3n) is 10.6. The lowest BCUT2D eigenvalue weighted by Gasteiger charge is -2.62. The number of nitrogens with one attached hydrogen (secondary N) is 1. The maximum absolute atomic E-state index is 13.1. The molecule has 3 saturated carbocycles. The number of piperidine rings is 1. The van der Waals surface area contributed by atoms with Gasteiger partial charge in [-0.3, -0.25) is 9.59 Å². The molecule has 0 spiro atoms. The third-order valence-corrected chi connectivity index (χ3v) is 10.6. The van der Waals surface area contributed by atoms with Crippen LogP contribution in [0.4, 0.5) is 5.82 Å². The number of hydrogen-bond donors (Lipinski definition) is 1. The molecule has 1 unspecified atom stereocenters. The second kappa shape index (κ2) is 7.85.